The minimum absolute atomic E-state index is 0.123. The fourth-order valence-electron chi connectivity index (χ4n) is 1.92. The molecule has 0 radical (unpaired) electrons. The third-order valence-electron chi connectivity index (χ3n) is 3.05. The van der Waals surface area contributed by atoms with Gasteiger partial charge in [-0.3, -0.25) is 0 Å². The lowest BCUT2D eigenvalue weighted by molar-refractivity contribution is 0.373. The van der Waals surface area contributed by atoms with Crippen LogP contribution >= 0.6 is 0 Å². The van der Waals surface area contributed by atoms with E-state index in [1.807, 2.05) is 36.4 Å². The van der Waals surface area contributed by atoms with Crippen molar-refractivity contribution < 1.29 is 19.3 Å². The fraction of sp³-hybridized carbons (Fsp3) is 0.176. The summed E-state index contributed by atoms with van der Waals surface area (Å²) in [6.07, 6.45) is 3.87. The second kappa shape index (κ2) is 6.70. The quantitative estimate of drug-likeness (QED) is 0.853. The second-order valence-corrected chi connectivity index (χ2v) is 4.41. The summed E-state index contributed by atoms with van der Waals surface area (Å²) in [5.41, 5.74) is 1.88. The van der Waals surface area contributed by atoms with Crippen molar-refractivity contribution in [2.45, 2.75) is 0 Å². The summed E-state index contributed by atoms with van der Waals surface area (Å²) >= 11 is 0. The molecule has 0 aliphatic heterocycles. The van der Waals surface area contributed by atoms with Crippen molar-refractivity contribution in [2.24, 2.45) is 0 Å². The molecule has 0 saturated heterocycles. The van der Waals surface area contributed by atoms with Crippen LogP contribution in [-0.4, -0.2) is 26.4 Å². The molecule has 4 nitrogen and oxygen atoms in total. The molecule has 0 aromatic heterocycles. The van der Waals surface area contributed by atoms with Crippen molar-refractivity contribution in [1.29, 1.82) is 0 Å². The predicted octanol–water partition coefficient (Wildman–Crippen LogP) is 3.59. The fourth-order valence-corrected chi connectivity index (χ4v) is 1.92. The Hall–Kier alpha value is -2.62. The molecule has 2 rings (SSSR count). The van der Waals surface area contributed by atoms with Gasteiger partial charge in [0.1, 0.15) is 11.5 Å². The molecule has 0 saturated carbocycles. The zero-order chi connectivity index (χ0) is 15.2. The van der Waals surface area contributed by atoms with Crippen molar-refractivity contribution >= 4 is 12.2 Å². The van der Waals surface area contributed by atoms with E-state index in [1.165, 1.54) is 7.11 Å². The van der Waals surface area contributed by atoms with Crippen LogP contribution in [0.15, 0.2) is 36.4 Å². The van der Waals surface area contributed by atoms with E-state index in [4.69, 9.17) is 14.2 Å². The minimum atomic E-state index is 0.123. The van der Waals surface area contributed by atoms with Gasteiger partial charge in [-0.05, 0) is 35.4 Å². The van der Waals surface area contributed by atoms with E-state index in [0.717, 1.165) is 22.6 Å². The minimum Gasteiger partial charge on any atom is -0.504 e. The summed E-state index contributed by atoms with van der Waals surface area (Å²) in [7, 11) is 4.76. The molecule has 2 aromatic rings. The van der Waals surface area contributed by atoms with Crippen LogP contribution in [0.3, 0.4) is 0 Å². The highest BCUT2D eigenvalue weighted by molar-refractivity contribution is 5.72. The lowest BCUT2D eigenvalue weighted by atomic mass is 10.1. The third kappa shape index (κ3) is 3.69. The van der Waals surface area contributed by atoms with Crippen molar-refractivity contribution in [3.05, 3.63) is 47.5 Å². The van der Waals surface area contributed by atoms with Crippen molar-refractivity contribution in [3.63, 3.8) is 0 Å². The van der Waals surface area contributed by atoms with E-state index in [9.17, 15) is 5.11 Å². The zero-order valence-electron chi connectivity index (χ0n) is 12.3. The van der Waals surface area contributed by atoms with Crippen LogP contribution in [0.25, 0.3) is 12.2 Å². The Morgan fingerprint density at radius 2 is 1.38 bits per heavy atom. The summed E-state index contributed by atoms with van der Waals surface area (Å²) in [4.78, 5) is 0. The largest absolute Gasteiger partial charge is 0.504 e. The number of rotatable bonds is 5. The number of methoxy groups -OCH3 is 3. The van der Waals surface area contributed by atoms with Crippen LogP contribution in [-0.2, 0) is 0 Å². The van der Waals surface area contributed by atoms with Crippen LogP contribution in [0, 0.1) is 0 Å². The number of benzene rings is 2. The molecule has 0 fully saturated rings. The van der Waals surface area contributed by atoms with Gasteiger partial charge in [0.15, 0.2) is 11.5 Å². The lowest BCUT2D eigenvalue weighted by Crippen LogP contribution is -1.88. The van der Waals surface area contributed by atoms with Crippen molar-refractivity contribution in [2.75, 3.05) is 21.3 Å². The highest BCUT2D eigenvalue weighted by Gasteiger charge is 2.02. The number of aromatic hydroxyl groups is 1. The highest BCUT2D eigenvalue weighted by atomic mass is 16.5. The number of hydrogen-bond acceptors (Lipinski definition) is 4. The molecule has 0 spiro atoms. The Kier molecular flexibility index (Phi) is 4.72. The van der Waals surface area contributed by atoms with Crippen molar-refractivity contribution in [1.82, 2.24) is 0 Å². The highest BCUT2D eigenvalue weighted by Crippen LogP contribution is 2.28. The Labute approximate surface area is 124 Å². The van der Waals surface area contributed by atoms with E-state index >= 15 is 0 Å². The van der Waals surface area contributed by atoms with Gasteiger partial charge in [0, 0.05) is 6.07 Å². The van der Waals surface area contributed by atoms with E-state index in [0.29, 0.717) is 5.75 Å². The molecule has 0 atom stereocenters. The van der Waals surface area contributed by atoms with Crippen LogP contribution in [0.4, 0.5) is 0 Å². The first-order valence-electron chi connectivity index (χ1n) is 6.44. The van der Waals surface area contributed by atoms with Gasteiger partial charge < -0.3 is 19.3 Å². The van der Waals surface area contributed by atoms with E-state index in [2.05, 4.69) is 0 Å². The van der Waals surface area contributed by atoms with Crippen LogP contribution < -0.4 is 14.2 Å². The van der Waals surface area contributed by atoms with Gasteiger partial charge in [0.25, 0.3) is 0 Å². The first kappa shape index (κ1) is 14.8. The Bertz CT molecular complexity index is 625. The number of hydrogen-bond donors (Lipinski definition) is 1. The standard InChI is InChI=1S/C17H18O4/c1-19-14-8-13(9-15(11-14)20-2)5-4-12-6-7-16(18)17(10-12)21-3/h4-11,18H,1-3H3/b5-4-. The molecule has 0 unspecified atom stereocenters. The first-order chi connectivity index (χ1) is 10.2. The van der Waals surface area contributed by atoms with Crippen LogP contribution in [0.1, 0.15) is 11.1 Å². The normalized spacial score (nSPS) is 10.6. The maximum Gasteiger partial charge on any atom is 0.161 e. The maximum absolute atomic E-state index is 9.57. The molecule has 110 valence electrons. The molecule has 0 bridgehead atoms. The molecular weight excluding hydrogens is 268 g/mol. The molecule has 0 aliphatic carbocycles. The van der Waals surface area contributed by atoms with Gasteiger partial charge >= 0.3 is 0 Å². The number of ether oxygens (including phenoxy) is 3. The summed E-state index contributed by atoms with van der Waals surface area (Å²) in [5.74, 6) is 2.03. The van der Waals surface area contributed by atoms with Gasteiger partial charge in [-0.15, -0.1) is 0 Å². The number of phenolic OH excluding ortho intramolecular Hbond substituents is 1. The molecule has 1 N–H and O–H groups in total. The number of phenols is 1. The van der Waals surface area contributed by atoms with Gasteiger partial charge in [0.2, 0.25) is 0 Å². The van der Waals surface area contributed by atoms with Crippen molar-refractivity contribution in [3.8, 4) is 23.0 Å². The van der Waals surface area contributed by atoms with E-state index in [-0.39, 0.29) is 5.75 Å². The molecule has 0 heterocycles. The summed E-state index contributed by atoms with van der Waals surface area (Å²) in [6.45, 7) is 0. The second-order valence-electron chi connectivity index (χ2n) is 4.41. The summed E-state index contributed by atoms with van der Waals surface area (Å²) in [6, 6.07) is 10.8. The van der Waals surface area contributed by atoms with Gasteiger partial charge in [-0.2, -0.15) is 0 Å². The topological polar surface area (TPSA) is 47.9 Å². The summed E-state index contributed by atoms with van der Waals surface area (Å²) in [5, 5.41) is 9.57. The van der Waals surface area contributed by atoms with E-state index < -0.39 is 0 Å². The molecule has 0 aliphatic rings. The molecule has 21 heavy (non-hydrogen) atoms. The Balaban J connectivity index is 2.28. The van der Waals surface area contributed by atoms with Crippen LogP contribution in [0.2, 0.25) is 0 Å². The van der Waals surface area contributed by atoms with Gasteiger partial charge in [-0.1, -0.05) is 18.2 Å². The predicted molar refractivity (Wildman–Crippen MR) is 83.1 cm³/mol. The summed E-state index contributed by atoms with van der Waals surface area (Å²) < 4.78 is 15.6. The average Bonchev–Trinajstić information content (AvgIpc) is 2.53. The van der Waals surface area contributed by atoms with Gasteiger partial charge in [0.05, 0.1) is 21.3 Å². The molecule has 0 amide bonds. The SMILES string of the molecule is COc1cc(/C=C\c2ccc(O)c(OC)c2)cc(OC)c1. The molecule has 2 aromatic carbocycles. The Morgan fingerprint density at radius 3 is 1.95 bits per heavy atom. The zero-order valence-corrected chi connectivity index (χ0v) is 12.3. The molecular formula is C17H18O4. The Morgan fingerprint density at radius 1 is 0.762 bits per heavy atom. The maximum atomic E-state index is 9.57. The van der Waals surface area contributed by atoms with Gasteiger partial charge in [-0.25, -0.2) is 0 Å². The smallest absolute Gasteiger partial charge is 0.161 e. The lowest BCUT2D eigenvalue weighted by Gasteiger charge is -2.06. The van der Waals surface area contributed by atoms with E-state index in [1.54, 1.807) is 26.4 Å². The third-order valence-corrected chi connectivity index (χ3v) is 3.05. The molecule has 4 heteroatoms. The average molecular weight is 286 g/mol. The monoisotopic (exact) mass is 286 g/mol. The first-order valence-corrected chi connectivity index (χ1v) is 6.44. The van der Waals surface area contributed by atoms with Crippen LogP contribution in [0.5, 0.6) is 23.0 Å².